The smallest absolute Gasteiger partial charge is 0.346 e. The first-order valence-corrected chi connectivity index (χ1v) is 10.5. The maximum absolute atomic E-state index is 14.6. The Balaban J connectivity index is 1.44. The molecule has 2 aromatic carbocycles. The van der Waals surface area contributed by atoms with Gasteiger partial charge in [-0.15, -0.1) is 0 Å². The standard InChI is InChI=1S/C24H21F3N2O4/c1-13-8-16(25)3-6-19(13)24(26,27)23(33)28-11-14-2-5-18-15(9-14)12-29(22(18)32)20-7-4-17(30)10-21(20)31/h2-3,5-6,8-9,20H,4,7,10-12H2,1H3,(H,28,33). The van der Waals surface area contributed by atoms with E-state index in [4.69, 9.17) is 0 Å². The predicted octanol–water partition coefficient (Wildman–Crippen LogP) is 3.19. The molecule has 33 heavy (non-hydrogen) atoms. The van der Waals surface area contributed by atoms with Crippen LogP contribution in [-0.4, -0.2) is 34.3 Å². The summed E-state index contributed by atoms with van der Waals surface area (Å²) in [5.41, 5.74) is 0.922. The number of benzene rings is 2. The highest BCUT2D eigenvalue weighted by molar-refractivity contribution is 6.07. The molecule has 1 saturated carbocycles. The van der Waals surface area contributed by atoms with Gasteiger partial charge in [-0.25, -0.2) is 4.39 Å². The lowest BCUT2D eigenvalue weighted by molar-refractivity contribution is -0.147. The first-order valence-electron chi connectivity index (χ1n) is 10.5. The number of carbonyl (C=O) groups is 4. The van der Waals surface area contributed by atoms with Crippen LogP contribution in [0.4, 0.5) is 13.2 Å². The first-order chi connectivity index (χ1) is 15.6. The summed E-state index contributed by atoms with van der Waals surface area (Å²) in [6.07, 6.45) is 0.359. The van der Waals surface area contributed by atoms with Crippen molar-refractivity contribution in [2.45, 2.75) is 51.2 Å². The maximum atomic E-state index is 14.6. The van der Waals surface area contributed by atoms with Crippen LogP contribution < -0.4 is 5.32 Å². The van der Waals surface area contributed by atoms with Crippen LogP contribution in [0, 0.1) is 12.7 Å². The molecule has 0 aromatic heterocycles. The zero-order chi connectivity index (χ0) is 23.9. The van der Waals surface area contributed by atoms with E-state index in [2.05, 4.69) is 5.32 Å². The number of ketones is 2. The van der Waals surface area contributed by atoms with Crippen molar-refractivity contribution in [1.82, 2.24) is 10.2 Å². The number of halogens is 3. The molecular weight excluding hydrogens is 437 g/mol. The van der Waals surface area contributed by atoms with Gasteiger partial charge in [-0.1, -0.05) is 12.1 Å². The number of hydrogen-bond donors (Lipinski definition) is 1. The lowest BCUT2D eigenvalue weighted by Crippen LogP contribution is -2.44. The number of amides is 2. The van der Waals surface area contributed by atoms with Gasteiger partial charge >= 0.3 is 5.92 Å². The SMILES string of the molecule is Cc1cc(F)ccc1C(F)(F)C(=O)NCc1ccc2c(c1)CN(C1CCC(=O)CC1=O)C2=O. The number of nitrogens with one attached hydrogen (secondary N) is 1. The quantitative estimate of drug-likeness (QED) is 0.698. The first kappa shape index (κ1) is 22.7. The minimum atomic E-state index is -3.85. The molecule has 2 aromatic rings. The van der Waals surface area contributed by atoms with Crippen LogP contribution in [0.25, 0.3) is 0 Å². The Kier molecular flexibility index (Phi) is 5.82. The number of nitrogens with zero attached hydrogens (tertiary/aromatic N) is 1. The van der Waals surface area contributed by atoms with E-state index in [1.54, 1.807) is 18.2 Å². The van der Waals surface area contributed by atoms with E-state index < -0.39 is 29.3 Å². The van der Waals surface area contributed by atoms with E-state index in [9.17, 15) is 32.3 Å². The van der Waals surface area contributed by atoms with E-state index >= 15 is 0 Å². The topological polar surface area (TPSA) is 83.6 Å². The third-order valence-corrected chi connectivity index (χ3v) is 6.08. The van der Waals surface area contributed by atoms with Crippen LogP contribution in [0.2, 0.25) is 0 Å². The van der Waals surface area contributed by atoms with Crippen LogP contribution in [0.15, 0.2) is 36.4 Å². The molecule has 1 aliphatic heterocycles. The van der Waals surface area contributed by atoms with E-state index in [-0.39, 0.29) is 55.4 Å². The molecular formula is C24H21F3N2O4. The van der Waals surface area contributed by atoms with E-state index in [0.717, 1.165) is 18.2 Å². The van der Waals surface area contributed by atoms with Crippen LogP contribution in [-0.2, 0) is 33.4 Å². The summed E-state index contributed by atoms with van der Waals surface area (Å²) in [5.74, 6) is -6.76. The fourth-order valence-electron chi connectivity index (χ4n) is 4.34. The van der Waals surface area contributed by atoms with Crippen molar-refractivity contribution in [3.63, 3.8) is 0 Å². The molecule has 0 spiro atoms. The van der Waals surface area contributed by atoms with E-state index in [0.29, 0.717) is 16.7 Å². The molecule has 4 rings (SSSR count). The van der Waals surface area contributed by atoms with Crippen molar-refractivity contribution in [2.24, 2.45) is 0 Å². The average Bonchev–Trinajstić information content (AvgIpc) is 3.07. The number of Topliss-reactive ketones (excluding diaryl/α,β-unsaturated/α-hetero) is 2. The molecule has 0 radical (unpaired) electrons. The Hall–Kier alpha value is -3.49. The average molecular weight is 458 g/mol. The fraction of sp³-hybridized carbons (Fsp3) is 0.333. The number of carbonyl (C=O) groups excluding carboxylic acids is 4. The lowest BCUT2D eigenvalue weighted by atomic mass is 9.92. The van der Waals surface area contributed by atoms with Crippen molar-refractivity contribution in [3.8, 4) is 0 Å². The van der Waals surface area contributed by atoms with Crippen LogP contribution in [0.5, 0.6) is 0 Å². The van der Waals surface area contributed by atoms with Gasteiger partial charge in [0.15, 0.2) is 5.78 Å². The Bertz CT molecular complexity index is 1180. The number of fused-ring (bicyclic) bond motifs is 1. The van der Waals surface area contributed by atoms with Crippen molar-refractivity contribution in [3.05, 3.63) is 70.0 Å². The summed E-state index contributed by atoms with van der Waals surface area (Å²) < 4.78 is 42.4. The van der Waals surface area contributed by atoms with Gasteiger partial charge in [-0.3, -0.25) is 19.2 Å². The molecule has 1 unspecified atom stereocenters. The number of rotatable bonds is 5. The van der Waals surface area contributed by atoms with Gasteiger partial charge < -0.3 is 10.2 Å². The molecule has 1 N–H and O–H groups in total. The van der Waals surface area contributed by atoms with Crippen molar-refractivity contribution < 1.29 is 32.3 Å². The molecule has 0 bridgehead atoms. The zero-order valence-electron chi connectivity index (χ0n) is 17.8. The Morgan fingerprint density at radius 3 is 2.61 bits per heavy atom. The Morgan fingerprint density at radius 2 is 1.91 bits per heavy atom. The highest BCUT2D eigenvalue weighted by Crippen LogP contribution is 2.32. The van der Waals surface area contributed by atoms with Crippen molar-refractivity contribution in [2.75, 3.05) is 0 Å². The van der Waals surface area contributed by atoms with Gasteiger partial charge in [0, 0.05) is 30.6 Å². The molecule has 172 valence electrons. The predicted molar refractivity (Wildman–Crippen MR) is 111 cm³/mol. The zero-order valence-corrected chi connectivity index (χ0v) is 17.8. The summed E-state index contributed by atoms with van der Waals surface area (Å²) in [6.45, 7) is 1.27. The highest BCUT2D eigenvalue weighted by atomic mass is 19.3. The molecule has 2 amide bonds. The number of hydrogen-bond acceptors (Lipinski definition) is 4. The van der Waals surface area contributed by atoms with E-state index in [1.807, 2.05) is 0 Å². The third kappa shape index (κ3) is 4.27. The summed E-state index contributed by atoms with van der Waals surface area (Å²) in [6, 6.07) is 6.77. The van der Waals surface area contributed by atoms with Gasteiger partial charge in [0.2, 0.25) is 0 Å². The molecule has 2 aliphatic rings. The van der Waals surface area contributed by atoms with Crippen LogP contribution >= 0.6 is 0 Å². The second-order valence-electron chi connectivity index (χ2n) is 8.38. The van der Waals surface area contributed by atoms with Crippen LogP contribution in [0.1, 0.15) is 51.9 Å². The molecule has 1 atom stereocenters. The van der Waals surface area contributed by atoms with Gasteiger partial charge in [0.25, 0.3) is 11.8 Å². The summed E-state index contributed by atoms with van der Waals surface area (Å²) in [5, 5.41) is 2.20. The van der Waals surface area contributed by atoms with Crippen molar-refractivity contribution in [1.29, 1.82) is 0 Å². The molecule has 1 aliphatic carbocycles. The molecule has 0 saturated heterocycles. The minimum absolute atomic E-state index is 0.0368. The Morgan fingerprint density at radius 1 is 1.15 bits per heavy atom. The molecule has 6 nitrogen and oxygen atoms in total. The van der Waals surface area contributed by atoms with Crippen LogP contribution in [0.3, 0.4) is 0 Å². The number of aryl methyl sites for hydroxylation is 1. The second-order valence-corrected chi connectivity index (χ2v) is 8.38. The Labute approximate surface area is 187 Å². The normalized spacial score (nSPS) is 18.5. The minimum Gasteiger partial charge on any atom is -0.346 e. The molecule has 9 heteroatoms. The van der Waals surface area contributed by atoms with Crippen molar-refractivity contribution >= 4 is 23.4 Å². The largest absolute Gasteiger partial charge is 0.350 e. The van der Waals surface area contributed by atoms with E-state index in [1.165, 1.54) is 11.8 Å². The second kappa shape index (κ2) is 8.46. The van der Waals surface area contributed by atoms with Gasteiger partial charge in [-0.2, -0.15) is 8.78 Å². The fourth-order valence-corrected chi connectivity index (χ4v) is 4.34. The summed E-state index contributed by atoms with van der Waals surface area (Å²) in [4.78, 5) is 50.1. The molecule has 1 heterocycles. The lowest BCUT2D eigenvalue weighted by Gasteiger charge is -2.29. The highest BCUT2D eigenvalue weighted by Gasteiger charge is 2.42. The van der Waals surface area contributed by atoms with Gasteiger partial charge in [-0.05, 0) is 54.3 Å². The summed E-state index contributed by atoms with van der Waals surface area (Å²) in [7, 11) is 0. The number of alkyl halides is 2. The van der Waals surface area contributed by atoms with Gasteiger partial charge in [0.1, 0.15) is 11.6 Å². The summed E-state index contributed by atoms with van der Waals surface area (Å²) >= 11 is 0. The maximum Gasteiger partial charge on any atom is 0.350 e. The third-order valence-electron chi connectivity index (χ3n) is 6.08. The monoisotopic (exact) mass is 458 g/mol. The molecule has 1 fully saturated rings. The van der Waals surface area contributed by atoms with Gasteiger partial charge in [0.05, 0.1) is 12.5 Å².